The molecule has 23 heavy (non-hydrogen) atoms. The van der Waals surface area contributed by atoms with Crippen molar-refractivity contribution in [3.8, 4) is 16.9 Å². The largest absolute Gasteiger partial charge is 0.493 e. The molecule has 0 aromatic heterocycles. The molecule has 1 nitrogen and oxygen atoms in total. The van der Waals surface area contributed by atoms with Crippen LogP contribution in [0.1, 0.15) is 32.6 Å². The van der Waals surface area contributed by atoms with Gasteiger partial charge in [-0.25, -0.2) is 4.39 Å². The van der Waals surface area contributed by atoms with E-state index in [0.29, 0.717) is 13.0 Å². The minimum atomic E-state index is -0.856. The van der Waals surface area contributed by atoms with E-state index < -0.39 is 6.17 Å². The van der Waals surface area contributed by atoms with Gasteiger partial charge in [-0.3, -0.25) is 0 Å². The van der Waals surface area contributed by atoms with E-state index in [4.69, 9.17) is 4.74 Å². The van der Waals surface area contributed by atoms with Crippen LogP contribution in [-0.4, -0.2) is 17.6 Å². The van der Waals surface area contributed by atoms with Crippen LogP contribution >= 0.6 is 15.9 Å². The summed E-state index contributed by atoms with van der Waals surface area (Å²) in [6.45, 7) is 2.52. The quantitative estimate of drug-likeness (QED) is 0.457. The van der Waals surface area contributed by atoms with Gasteiger partial charge in [-0.2, -0.15) is 0 Å². The lowest BCUT2D eigenvalue weighted by molar-refractivity contribution is 0.229. The molecule has 0 aliphatic rings. The van der Waals surface area contributed by atoms with E-state index in [0.717, 1.165) is 30.6 Å². The Morgan fingerprint density at radius 3 is 2.26 bits per heavy atom. The number of rotatable bonds is 9. The number of unbranched alkanes of at least 4 members (excludes halogenated alkanes) is 1. The highest BCUT2D eigenvalue weighted by atomic mass is 79.9. The maximum Gasteiger partial charge on any atom is 0.119 e. The van der Waals surface area contributed by atoms with Gasteiger partial charge in [-0.05, 0) is 29.7 Å². The van der Waals surface area contributed by atoms with Crippen molar-refractivity contribution in [2.75, 3.05) is 6.61 Å². The highest BCUT2D eigenvalue weighted by Gasteiger charge is 2.17. The molecule has 0 aliphatic heterocycles. The molecule has 0 aliphatic carbocycles. The summed E-state index contributed by atoms with van der Waals surface area (Å²) >= 11 is 3.44. The molecule has 0 spiro atoms. The van der Waals surface area contributed by atoms with Gasteiger partial charge in [0.2, 0.25) is 0 Å². The van der Waals surface area contributed by atoms with Crippen molar-refractivity contribution in [2.24, 2.45) is 0 Å². The molecule has 2 rings (SSSR count). The van der Waals surface area contributed by atoms with Crippen molar-refractivity contribution in [3.05, 3.63) is 54.6 Å². The number of hydrogen-bond donors (Lipinski definition) is 0. The monoisotopic (exact) mass is 378 g/mol. The molecule has 0 saturated carbocycles. The Kier molecular flexibility index (Phi) is 7.60. The van der Waals surface area contributed by atoms with E-state index in [1.54, 1.807) is 0 Å². The molecule has 0 fully saturated rings. The topological polar surface area (TPSA) is 9.23 Å². The lowest BCUT2D eigenvalue weighted by Gasteiger charge is -2.15. The molecule has 2 aromatic carbocycles. The molecule has 0 amide bonds. The van der Waals surface area contributed by atoms with Gasteiger partial charge in [0, 0.05) is 11.2 Å². The number of ether oxygens (including phenoxy) is 1. The van der Waals surface area contributed by atoms with Crippen molar-refractivity contribution in [3.63, 3.8) is 0 Å². The van der Waals surface area contributed by atoms with Gasteiger partial charge in [0.15, 0.2) is 0 Å². The zero-order chi connectivity index (χ0) is 16.5. The van der Waals surface area contributed by atoms with Crippen molar-refractivity contribution in [1.29, 1.82) is 0 Å². The number of benzene rings is 2. The van der Waals surface area contributed by atoms with Crippen LogP contribution in [-0.2, 0) is 0 Å². The Labute approximate surface area is 147 Å². The third kappa shape index (κ3) is 5.98. The average Bonchev–Trinajstić information content (AvgIpc) is 2.61. The SMILES string of the molecule is CCCCC(Br)C(F)CCOc1ccc(-c2ccccc2)cc1. The summed E-state index contributed by atoms with van der Waals surface area (Å²) in [5, 5.41) is 0. The molecule has 0 N–H and O–H groups in total. The molecule has 2 unspecified atom stereocenters. The van der Waals surface area contributed by atoms with Crippen LogP contribution in [0.15, 0.2) is 54.6 Å². The summed E-state index contributed by atoms with van der Waals surface area (Å²) in [4.78, 5) is -0.0634. The Morgan fingerprint density at radius 2 is 1.61 bits per heavy atom. The van der Waals surface area contributed by atoms with Gasteiger partial charge in [0.25, 0.3) is 0 Å². The fraction of sp³-hybridized carbons (Fsp3) is 0.400. The zero-order valence-corrected chi connectivity index (χ0v) is 15.1. The third-order valence-electron chi connectivity index (χ3n) is 3.85. The maximum absolute atomic E-state index is 14.0. The van der Waals surface area contributed by atoms with Gasteiger partial charge in [0.1, 0.15) is 11.9 Å². The molecule has 2 aromatic rings. The Balaban J connectivity index is 1.78. The molecule has 0 saturated heterocycles. The second-order valence-electron chi connectivity index (χ2n) is 5.70. The first-order chi connectivity index (χ1) is 11.2. The first-order valence-corrected chi connectivity index (χ1v) is 9.18. The first kappa shape index (κ1) is 18.0. The molecule has 124 valence electrons. The van der Waals surface area contributed by atoms with Crippen LogP contribution in [0.4, 0.5) is 4.39 Å². The summed E-state index contributed by atoms with van der Waals surface area (Å²) in [6.07, 6.45) is 2.59. The molecule has 0 heterocycles. The normalized spacial score (nSPS) is 13.5. The Bertz CT molecular complexity index is 556. The first-order valence-electron chi connectivity index (χ1n) is 8.27. The van der Waals surface area contributed by atoms with Crippen LogP contribution in [0.25, 0.3) is 11.1 Å². The van der Waals surface area contributed by atoms with Crippen LogP contribution in [0, 0.1) is 0 Å². The van der Waals surface area contributed by atoms with E-state index in [1.165, 1.54) is 5.56 Å². The Hall–Kier alpha value is -1.35. The predicted molar refractivity (Wildman–Crippen MR) is 99.1 cm³/mol. The van der Waals surface area contributed by atoms with Gasteiger partial charge in [-0.1, -0.05) is 78.2 Å². The highest BCUT2D eigenvalue weighted by molar-refractivity contribution is 9.09. The molecule has 3 heteroatoms. The van der Waals surface area contributed by atoms with Crippen molar-refractivity contribution < 1.29 is 9.13 Å². The summed E-state index contributed by atoms with van der Waals surface area (Å²) in [5.41, 5.74) is 2.34. The van der Waals surface area contributed by atoms with E-state index in [1.807, 2.05) is 42.5 Å². The van der Waals surface area contributed by atoms with Gasteiger partial charge in [-0.15, -0.1) is 0 Å². The molecule has 2 atom stereocenters. The molecular weight excluding hydrogens is 355 g/mol. The highest BCUT2D eigenvalue weighted by Crippen LogP contribution is 2.23. The maximum atomic E-state index is 14.0. The van der Waals surface area contributed by atoms with Crippen LogP contribution < -0.4 is 4.74 Å². The second-order valence-corrected chi connectivity index (χ2v) is 6.88. The molecular formula is C20H24BrFO. The lowest BCUT2D eigenvalue weighted by Crippen LogP contribution is -2.18. The van der Waals surface area contributed by atoms with E-state index >= 15 is 0 Å². The Morgan fingerprint density at radius 1 is 0.957 bits per heavy atom. The van der Waals surface area contributed by atoms with Crippen molar-refractivity contribution in [2.45, 2.75) is 43.6 Å². The fourth-order valence-electron chi connectivity index (χ4n) is 2.42. The lowest BCUT2D eigenvalue weighted by atomic mass is 10.1. The van der Waals surface area contributed by atoms with E-state index in [2.05, 4.69) is 35.0 Å². The van der Waals surface area contributed by atoms with E-state index in [9.17, 15) is 4.39 Å². The minimum Gasteiger partial charge on any atom is -0.493 e. The van der Waals surface area contributed by atoms with E-state index in [-0.39, 0.29) is 4.83 Å². The van der Waals surface area contributed by atoms with Gasteiger partial charge < -0.3 is 4.74 Å². The summed E-state index contributed by atoms with van der Waals surface area (Å²) in [6, 6.07) is 18.2. The van der Waals surface area contributed by atoms with Crippen LogP contribution in [0.2, 0.25) is 0 Å². The van der Waals surface area contributed by atoms with Crippen molar-refractivity contribution >= 4 is 15.9 Å². The third-order valence-corrected chi connectivity index (χ3v) is 4.88. The number of halogens is 2. The summed E-state index contributed by atoms with van der Waals surface area (Å²) in [5.74, 6) is 0.788. The zero-order valence-electron chi connectivity index (χ0n) is 13.6. The second kappa shape index (κ2) is 9.71. The molecule has 0 radical (unpaired) electrons. The van der Waals surface area contributed by atoms with Gasteiger partial charge >= 0.3 is 0 Å². The summed E-state index contributed by atoms with van der Waals surface area (Å²) < 4.78 is 19.6. The molecule has 0 bridgehead atoms. The van der Waals surface area contributed by atoms with Crippen molar-refractivity contribution in [1.82, 2.24) is 0 Å². The summed E-state index contributed by atoms with van der Waals surface area (Å²) in [7, 11) is 0. The minimum absolute atomic E-state index is 0.0634. The fourth-order valence-corrected chi connectivity index (χ4v) is 3.01. The van der Waals surface area contributed by atoms with Crippen LogP contribution in [0.3, 0.4) is 0 Å². The van der Waals surface area contributed by atoms with Crippen LogP contribution in [0.5, 0.6) is 5.75 Å². The number of alkyl halides is 2. The van der Waals surface area contributed by atoms with Gasteiger partial charge in [0.05, 0.1) is 6.61 Å². The average molecular weight is 379 g/mol. The number of hydrogen-bond acceptors (Lipinski definition) is 1. The smallest absolute Gasteiger partial charge is 0.119 e. The predicted octanol–water partition coefficient (Wildman–Crippen LogP) is 6.41. The standard InChI is InChI=1S/C20H24BrFO/c1-2-3-9-19(21)20(22)14-15-23-18-12-10-17(11-13-18)16-7-5-4-6-8-16/h4-8,10-13,19-20H,2-3,9,14-15H2,1H3.